The lowest BCUT2D eigenvalue weighted by Crippen LogP contribution is -2.78. The number of aliphatic carboxylic acids is 3. The number of aliphatic hydroxyl groups is 2. The molecule has 44 heavy (non-hydrogen) atoms. The molecule has 14 heteroatoms. The van der Waals surface area contributed by atoms with Crippen LogP contribution in [-0.4, -0.2) is 96.8 Å². The molecule has 1 aromatic carbocycles. The van der Waals surface area contributed by atoms with Crippen molar-refractivity contribution in [1.82, 2.24) is 0 Å². The number of hydrogen-bond donors (Lipinski definition) is 5. The molecule has 5 N–H and O–H groups in total. The Morgan fingerprint density at radius 2 is 1.64 bits per heavy atom. The predicted molar refractivity (Wildman–Crippen MR) is 148 cm³/mol. The second-order valence-corrected chi connectivity index (χ2v) is 11.2. The Hall–Kier alpha value is -4.11. The molecule has 4 unspecified atom stereocenters. The molecule has 0 amide bonds. The van der Waals surface area contributed by atoms with Crippen LogP contribution in [0.5, 0.6) is 0 Å². The molecule has 0 saturated carbocycles. The molecule has 0 radical (unpaired) electrons. The van der Waals surface area contributed by atoms with Crippen molar-refractivity contribution < 1.29 is 68.5 Å². The molecule has 0 aliphatic carbocycles. The van der Waals surface area contributed by atoms with E-state index >= 15 is 0 Å². The first-order valence-corrected chi connectivity index (χ1v) is 13.6. The number of fused-ring (bicyclic) bond motifs is 2. The van der Waals surface area contributed by atoms with E-state index in [0.717, 1.165) is 5.56 Å². The van der Waals surface area contributed by atoms with Crippen molar-refractivity contribution in [3.63, 3.8) is 0 Å². The van der Waals surface area contributed by atoms with Gasteiger partial charge in [-0.1, -0.05) is 56.0 Å². The third-order valence-corrected chi connectivity index (χ3v) is 7.71. The number of carboxylic acids is 3. The van der Waals surface area contributed by atoms with Gasteiger partial charge in [-0.05, 0) is 30.9 Å². The van der Waals surface area contributed by atoms with Crippen LogP contribution in [0.3, 0.4) is 0 Å². The van der Waals surface area contributed by atoms with Crippen LogP contribution in [0.4, 0.5) is 0 Å². The van der Waals surface area contributed by atoms with Gasteiger partial charge in [-0.3, -0.25) is 9.59 Å². The summed E-state index contributed by atoms with van der Waals surface area (Å²) in [5.74, 6) is -11.5. The first kappa shape index (κ1) is 34.4. The van der Waals surface area contributed by atoms with Gasteiger partial charge >= 0.3 is 29.8 Å². The minimum Gasteiger partial charge on any atom is -0.479 e. The third kappa shape index (κ3) is 6.11. The van der Waals surface area contributed by atoms with Crippen molar-refractivity contribution in [1.29, 1.82) is 0 Å². The summed E-state index contributed by atoms with van der Waals surface area (Å²) in [5, 5.41) is 52.7. The molecule has 14 nitrogen and oxygen atoms in total. The van der Waals surface area contributed by atoms with Crippen molar-refractivity contribution in [2.45, 2.75) is 87.9 Å². The zero-order chi connectivity index (χ0) is 33.2. The molecule has 0 spiro atoms. The van der Waals surface area contributed by atoms with Gasteiger partial charge in [-0.2, -0.15) is 0 Å². The van der Waals surface area contributed by atoms with Crippen LogP contribution in [0.2, 0.25) is 0 Å². The number of carboxylic acid groups (broad SMARTS) is 3. The molecule has 2 fully saturated rings. The van der Waals surface area contributed by atoms with E-state index in [2.05, 4.69) is 13.2 Å². The first-order chi connectivity index (χ1) is 20.4. The molecule has 2 saturated heterocycles. The molecule has 2 bridgehead atoms. The fourth-order valence-electron chi connectivity index (χ4n) is 5.73. The Balaban J connectivity index is 2.04. The monoisotopic (exact) mass is 620 g/mol. The van der Waals surface area contributed by atoms with E-state index in [1.54, 1.807) is 6.92 Å². The lowest BCUT2D eigenvalue weighted by molar-refractivity contribution is -0.374. The summed E-state index contributed by atoms with van der Waals surface area (Å²) >= 11 is 0. The highest BCUT2D eigenvalue weighted by molar-refractivity contribution is 5.98. The number of rotatable bonds is 14. The summed E-state index contributed by atoms with van der Waals surface area (Å²) in [6.07, 6.45) is -9.34. The molecule has 8 atom stereocenters. The summed E-state index contributed by atoms with van der Waals surface area (Å²) in [5.41, 5.74) is -6.00. The van der Waals surface area contributed by atoms with E-state index in [0.29, 0.717) is 6.42 Å². The smallest absolute Gasteiger partial charge is 0.344 e. The second kappa shape index (κ2) is 12.9. The molecule has 3 rings (SSSR count). The zero-order valence-electron chi connectivity index (χ0n) is 24.4. The summed E-state index contributed by atoms with van der Waals surface area (Å²) in [6, 6.07) is 9.25. The Labute approximate surface area is 252 Å². The molecule has 2 heterocycles. The van der Waals surface area contributed by atoms with Gasteiger partial charge in [0.05, 0.1) is 6.42 Å². The molecule has 2 aliphatic rings. The third-order valence-electron chi connectivity index (χ3n) is 7.71. The Morgan fingerprint density at radius 1 is 1.02 bits per heavy atom. The number of hydrogen-bond acceptors (Lipinski definition) is 11. The number of aliphatic hydroxyl groups excluding tert-OH is 1. The van der Waals surface area contributed by atoms with Crippen molar-refractivity contribution in [3.05, 3.63) is 60.2 Å². The Bertz CT molecular complexity index is 1340. The highest BCUT2D eigenvalue weighted by Gasteiger charge is 2.85. The zero-order valence-corrected chi connectivity index (χ0v) is 24.4. The van der Waals surface area contributed by atoms with Crippen LogP contribution in [-0.2, 0) is 49.3 Å². The topological polar surface area (TPSA) is 223 Å². The molecule has 0 aromatic heterocycles. The summed E-state index contributed by atoms with van der Waals surface area (Å²) < 4.78 is 21.7. The summed E-state index contributed by atoms with van der Waals surface area (Å²) in [6.45, 7) is 11.9. The molecular formula is C30H36O14. The van der Waals surface area contributed by atoms with Gasteiger partial charge in [0.15, 0.2) is 6.10 Å². The summed E-state index contributed by atoms with van der Waals surface area (Å²) in [4.78, 5) is 61.9. The van der Waals surface area contributed by atoms with Gasteiger partial charge in [0.25, 0.3) is 0 Å². The number of ether oxygens (including phenoxy) is 4. The van der Waals surface area contributed by atoms with E-state index in [9.17, 15) is 49.5 Å². The second-order valence-electron chi connectivity index (χ2n) is 11.2. The summed E-state index contributed by atoms with van der Waals surface area (Å²) in [7, 11) is 0. The van der Waals surface area contributed by atoms with Crippen molar-refractivity contribution in [2.75, 3.05) is 0 Å². The van der Waals surface area contributed by atoms with Crippen LogP contribution in [0.15, 0.2) is 54.6 Å². The molecular weight excluding hydrogens is 584 g/mol. The number of carbonyl (C=O) groups excluding carboxylic acids is 2. The fraction of sp³-hybridized carbons (Fsp3) is 0.500. The SMILES string of the molecule is C=C(C)CC(=O)O[C@@H]1[C@@H](O)C2(CCC(=C)[C@@H](OC(C)=O)[C@H](C)Cc3ccccc3)OC(C(=O)O)C(O)(C(=O)O)C1(C(=O)O)O2. The highest BCUT2D eigenvalue weighted by Crippen LogP contribution is 2.56. The van der Waals surface area contributed by atoms with Gasteiger partial charge in [-0.25, -0.2) is 14.4 Å². The van der Waals surface area contributed by atoms with Gasteiger partial charge in [0.1, 0.15) is 12.2 Å². The molecule has 1 aromatic rings. The van der Waals surface area contributed by atoms with Crippen LogP contribution in [0, 0.1) is 5.92 Å². The van der Waals surface area contributed by atoms with E-state index < -0.39 is 84.1 Å². The van der Waals surface area contributed by atoms with Gasteiger partial charge < -0.3 is 44.5 Å². The Morgan fingerprint density at radius 3 is 2.14 bits per heavy atom. The van der Waals surface area contributed by atoms with Crippen LogP contribution in [0.25, 0.3) is 0 Å². The number of carbonyl (C=O) groups is 5. The van der Waals surface area contributed by atoms with E-state index in [1.807, 2.05) is 30.3 Å². The normalized spacial score (nSPS) is 30.4. The van der Waals surface area contributed by atoms with E-state index in [4.69, 9.17) is 18.9 Å². The molecule has 2 aliphatic heterocycles. The highest BCUT2D eigenvalue weighted by atomic mass is 16.8. The van der Waals surface area contributed by atoms with Gasteiger partial charge in [-0.15, -0.1) is 0 Å². The molecule has 240 valence electrons. The number of benzene rings is 1. The van der Waals surface area contributed by atoms with Crippen molar-refractivity contribution >= 4 is 29.8 Å². The maximum Gasteiger partial charge on any atom is 0.344 e. The van der Waals surface area contributed by atoms with Crippen LogP contribution in [0.1, 0.15) is 45.6 Å². The van der Waals surface area contributed by atoms with Crippen molar-refractivity contribution in [3.8, 4) is 0 Å². The fourth-order valence-corrected chi connectivity index (χ4v) is 5.73. The van der Waals surface area contributed by atoms with Crippen LogP contribution >= 0.6 is 0 Å². The minimum atomic E-state index is -3.89. The van der Waals surface area contributed by atoms with Gasteiger partial charge in [0, 0.05) is 19.3 Å². The van der Waals surface area contributed by atoms with E-state index in [-0.39, 0.29) is 23.5 Å². The maximum absolute atomic E-state index is 12.8. The van der Waals surface area contributed by atoms with Gasteiger partial charge in [0.2, 0.25) is 23.1 Å². The average molecular weight is 621 g/mol. The quantitative estimate of drug-likeness (QED) is 0.146. The van der Waals surface area contributed by atoms with Crippen LogP contribution < -0.4 is 0 Å². The largest absolute Gasteiger partial charge is 0.479 e. The lowest BCUT2D eigenvalue weighted by atomic mass is 9.74. The first-order valence-electron chi connectivity index (χ1n) is 13.6. The average Bonchev–Trinajstić information content (AvgIpc) is 3.14. The minimum absolute atomic E-state index is 0.242. The van der Waals surface area contributed by atoms with E-state index in [1.165, 1.54) is 13.8 Å². The maximum atomic E-state index is 12.8. The van der Waals surface area contributed by atoms with Crippen molar-refractivity contribution in [2.24, 2.45) is 5.92 Å². The number of esters is 2. The predicted octanol–water partition coefficient (Wildman–Crippen LogP) is 1.22. The lowest BCUT2D eigenvalue weighted by Gasteiger charge is -2.48. The Kier molecular flexibility index (Phi) is 10.0. The standard InChI is InChI=1S/C30H36O14/c1-15(2)13-20(32)42-23-22(33)28(43-24(25(34)35)29(40,26(36)37)30(23,44-28)27(38)39)12-11-16(3)21(41-18(5)31)17(4)14-19-9-7-6-8-10-19/h6-10,17,21-24,33,40H,1,3,11-14H2,2,4-5H3,(H,34,35)(H,36,37)(H,38,39)/t17-,21-,22-,23-,24?,28?,29?,30?/m1/s1.